The second-order valence-corrected chi connectivity index (χ2v) is 9.51. The Morgan fingerprint density at radius 3 is 2.63 bits per heavy atom. The number of nitrogens with zero attached hydrogens (tertiary/aromatic N) is 3. The Hall–Kier alpha value is -2.37. The summed E-state index contributed by atoms with van der Waals surface area (Å²) in [5, 5.41) is 3.59. The molecule has 4 nitrogen and oxygen atoms in total. The monoisotopic (exact) mass is 419 g/mol. The standard InChI is InChI=1S/C25H29N3OS/c1-19(29)17-28-18-20(21-5-2-3-6-23(21)28)9-11-26-12-14-27(15-13-26)24-7-4-8-25-22(24)10-16-30-25/h2-8,10,16,20H,9,11-15,17-18H2,1H3. The molecule has 0 amide bonds. The van der Waals surface area contributed by atoms with Crippen LogP contribution in [0.25, 0.3) is 10.1 Å². The third-order valence-corrected chi connectivity index (χ3v) is 7.43. The van der Waals surface area contributed by atoms with Crippen molar-refractivity contribution in [1.82, 2.24) is 4.90 Å². The molecule has 3 aromatic rings. The number of rotatable bonds is 6. The largest absolute Gasteiger partial charge is 0.368 e. The molecule has 156 valence electrons. The normalized spacial score (nSPS) is 19.4. The second-order valence-electron chi connectivity index (χ2n) is 8.57. The molecule has 0 bridgehead atoms. The minimum absolute atomic E-state index is 0.238. The first-order chi connectivity index (χ1) is 14.7. The number of para-hydroxylation sites is 1. The van der Waals surface area contributed by atoms with E-state index in [0.29, 0.717) is 12.5 Å². The van der Waals surface area contributed by atoms with Crippen molar-refractivity contribution in [2.24, 2.45) is 0 Å². The molecule has 0 saturated carbocycles. The average Bonchev–Trinajstić information content (AvgIpc) is 3.37. The molecule has 3 heterocycles. The molecule has 0 radical (unpaired) electrons. The molecule has 1 atom stereocenters. The van der Waals surface area contributed by atoms with E-state index >= 15 is 0 Å². The van der Waals surface area contributed by atoms with Gasteiger partial charge in [0.15, 0.2) is 0 Å². The van der Waals surface area contributed by atoms with E-state index in [9.17, 15) is 4.79 Å². The third kappa shape index (κ3) is 3.84. The quantitative estimate of drug-likeness (QED) is 0.583. The molecule has 1 fully saturated rings. The van der Waals surface area contributed by atoms with E-state index in [2.05, 4.69) is 68.6 Å². The summed E-state index contributed by atoms with van der Waals surface area (Å²) >= 11 is 1.82. The summed E-state index contributed by atoms with van der Waals surface area (Å²) in [7, 11) is 0. The summed E-state index contributed by atoms with van der Waals surface area (Å²) in [6, 6.07) is 17.6. The fourth-order valence-corrected chi connectivity index (χ4v) is 5.86. The van der Waals surface area contributed by atoms with Crippen molar-refractivity contribution >= 4 is 38.6 Å². The topological polar surface area (TPSA) is 26.8 Å². The lowest BCUT2D eigenvalue weighted by Crippen LogP contribution is -2.47. The zero-order chi connectivity index (χ0) is 20.5. The molecule has 0 N–H and O–H groups in total. The number of carbonyl (C=O) groups excluding carboxylic acids is 1. The van der Waals surface area contributed by atoms with E-state index in [1.54, 1.807) is 6.92 Å². The van der Waals surface area contributed by atoms with Crippen LogP contribution in [0.3, 0.4) is 0 Å². The Balaban J connectivity index is 1.19. The van der Waals surface area contributed by atoms with Crippen LogP contribution in [0.2, 0.25) is 0 Å². The van der Waals surface area contributed by atoms with E-state index in [0.717, 1.165) is 45.7 Å². The van der Waals surface area contributed by atoms with Gasteiger partial charge < -0.3 is 9.80 Å². The van der Waals surface area contributed by atoms with Crippen LogP contribution in [-0.4, -0.2) is 56.5 Å². The van der Waals surface area contributed by atoms with E-state index in [4.69, 9.17) is 0 Å². The van der Waals surface area contributed by atoms with E-state index in [1.807, 2.05) is 11.3 Å². The van der Waals surface area contributed by atoms with Crippen LogP contribution in [0.15, 0.2) is 53.9 Å². The predicted molar refractivity (Wildman–Crippen MR) is 127 cm³/mol. The number of ketones is 1. The van der Waals surface area contributed by atoms with Crippen LogP contribution in [-0.2, 0) is 4.79 Å². The molecule has 5 rings (SSSR count). The number of hydrogen-bond donors (Lipinski definition) is 0. The van der Waals surface area contributed by atoms with Crippen molar-refractivity contribution in [1.29, 1.82) is 0 Å². The predicted octanol–water partition coefficient (Wildman–Crippen LogP) is 4.61. The summed E-state index contributed by atoms with van der Waals surface area (Å²) < 4.78 is 1.38. The minimum Gasteiger partial charge on any atom is -0.368 e. The molecular formula is C25H29N3OS. The van der Waals surface area contributed by atoms with Gasteiger partial charge in [-0.2, -0.15) is 0 Å². The smallest absolute Gasteiger partial charge is 0.149 e. The van der Waals surface area contributed by atoms with E-state index < -0.39 is 0 Å². The number of anilines is 2. The zero-order valence-corrected chi connectivity index (χ0v) is 18.4. The van der Waals surface area contributed by atoms with Crippen LogP contribution in [0.5, 0.6) is 0 Å². The Bertz CT molecular complexity index is 1040. The minimum atomic E-state index is 0.238. The van der Waals surface area contributed by atoms with Gasteiger partial charge in [0.05, 0.1) is 6.54 Å². The maximum atomic E-state index is 11.7. The van der Waals surface area contributed by atoms with Gasteiger partial charge >= 0.3 is 0 Å². The molecule has 0 aliphatic carbocycles. The van der Waals surface area contributed by atoms with Gasteiger partial charge in [-0.25, -0.2) is 0 Å². The lowest BCUT2D eigenvalue weighted by Gasteiger charge is -2.36. The van der Waals surface area contributed by atoms with Gasteiger partial charge in [-0.05, 0) is 55.1 Å². The lowest BCUT2D eigenvalue weighted by molar-refractivity contribution is -0.115. The molecule has 2 aliphatic heterocycles. The molecule has 2 aromatic carbocycles. The summed E-state index contributed by atoms with van der Waals surface area (Å²) in [4.78, 5) is 19.1. The van der Waals surface area contributed by atoms with Crippen LogP contribution < -0.4 is 9.80 Å². The summed E-state index contributed by atoms with van der Waals surface area (Å²) in [6.07, 6.45) is 1.16. The van der Waals surface area contributed by atoms with Gasteiger partial charge in [0.1, 0.15) is 5.78 Å². The zero-order valence-electron chi connectivity index (χ0n) is 17.6. The van der Waals surface area contributed by atoms with Crippen LogP contribution >= 0.6 is 11.3 Å². The number of fused-ring (bicyclic) bond motifs is 2. The number of carbonyl (C=O) groups is 1. The summed E-state index contributed by atoms with van der Waals surface area (Å²) in [5.41, 5.74) is 4.06. The van der Waals surface area contributed by atoms with E-state index in [1.165, 1.54) is 27.0 Å². The first kappa shape index (κ1) is 19.6. The van der Waals surface area contributed by atoms with Gasteiger partial charge in [-0.15, -0.1) is 11.3 Å². The van der Waals surface area contributed by atoms with Crippen molar-refractivity contribution < 1.29 is 4.79 Å². The third-order valence-electron chi connectivity index (χ3n) is 6.55. The van der Waals surface area contributed by atoms with Crippen molar-refractivity contribution in [3.8, 4) is 0 Å². The highest BCUT2D eigenvalue weighted by Gasteiger charge is 2.29. The van der Waals surface area contributed by atoms with Gasteiger partial charge in [0, 0.05) is 60.1 Å². The molecule has 1 aromatic heterocycles. The number of hydrogen-bond acceptors (Lipinski definition) is 5. The second kappa shape index (κ2) is 8.40. The van der Waals surface area contributed by atoms with Crippen molar-refractivity contribution in [2.45, 2.75) is 19.3 Å². The molecular weight excluding hydrogens is 390 g/mol. The van der Waals surface area contributed by atoms with Gasteiger partial charge in [-0.1, -0.05) is 24.3 Å². The summed E-state index contributed by atoms with van der Waals surface area (Å²) in [6.45, 7) is 8.73. The molecule has 2 aliphatic rings. The molecule has 1 unspecified atom stereocenters. The Labute approximate surface area is 182 Å². The van der Waals surface area contributed by atoms with Gasteiger partial charge in [-0.3, -0.25) is 9.69 Å². The lowest BCUT2D eigenvalue weighted by atomic mass is 9.97. The highest BCUT2D eigenvalue weighted by atomic mass is 32.1. The molecule has 5 heteroatoms. The number of piperazine rings is 1. The SMILES string of the molecule is CC(=O)CN1CC(CCN2CCN(c3cccc4sccc34)CC2)c2ccccc21. The Morgan fingerprint density at radius 1 is 1.00 bits per heavy atom. The van der Waals surface area contributed by atoms with Crippen LogP contribution in [0.4, 0.5) is 11.4 Å². The molecule has 30 heavy (non-hydrogen) atoms. The molecule has 1 saturated heterocycles. The van der Waals surface area contributed by atoms with Crippen molar-refractivity contribution in [3.05, 3.63) is 59.5 Å². The first-order valence-corrected chi connectivity index (χ1v) is 11.8. The number of Topliss-reactive ketones (excluding diaryl/α,β-unsaturated/α-hetero) is 1. The maximum Gasteiger partial charge on any atom is 0.149 e. The van der Waals surface area contributed by atoms with Crippen LogP contribution in [0, 0.1) is 0 Å². The van der Waals surface area contributed by atoms with Crippen molar-refractivity contribution in [2.75, 3.05) is 55.6 Å². The molecule has 0 spiro atoms. The van der Waals surface area contributed by atoms with Crippen molar-refractivity contribution in [3.63, 3.8) is 0 Å². The van der Waals surface area contributed by atoms with Gasteiger partial charge in [0.2, 0.25) is 0 Å². The maximum absolute atomic E-state index is 11.7. The fourth-order valence-electron chi connectivity index (χ4n) is 5.05. The Morgan fingerprint density at radius 2 is 1.80 bits per heavy atom. The Kier molecular flexibility index (Phi) is 5.48. The highest BCUT2D eigenvalue weighted by molar-refractivity contribution is 7.17. The highest BCUT2D eigenvalue weighted by Crippen LogP contribution is 2.38. The van der Waals surface area contributed by atoms with Gasteiger partial charge in [0.25, 0.3) is 0 Å². The first-order valence-electron chi connectivity index (χ1n) is 11.0. The average molecular weight is 420 g/mol. The number of thiophene rings is 1. The van der Waals surface area contributed by atoms with E-state index in [-0.39, 0.29) is 5.78 Å². The number of benzene rings is 2. The summed E-state index contributed by atoms with van der Waals surface area (Å²) in [5.74, 6) is 0.764. The fraction of sp³-hybridized carbons (Fsp3) is 0.400. The van der Waals surface area contributed by atoms with Crippen LogP contribution in [0.1, 0.15) is 24.8 Å².